The molecule has 0 radical (unpaired) electrons. The van der Waals surface area contributed by atoms with E-state index in [0.29, 0.717) is 0 Å². The van der Waals surface area contributed by atoms with Gasteiger partial charge in [-0.3, -0.25) is 0 Å². The zero-order valence-corrected chi connectivity index (χ0v) is 11.0. The zero-order valence-electron chi connectivity index (χ0n) is 11.0. The highest BCUT2D eigenvalue weighted by Crippen LogP contribution is 2.08. The van der Waals surface area contributed by atoms with Crippen LogP contribution in [0.5, 0.6) is 0 Å². The second-order valence-electron chi connectivity index (χ2n) is 5.40. The third-order valence-corrected chi connectivity index (χ3v) is 2.70. The van der Waals surface area contributed by atoms with Gasteiger partial charge in [-0.05, 0) is 45.4 Å². The summed E-state index contributed by atoms with van der Waals surface area (Å²) < 4.78 is 0. The topological polar surface area (TPSA) is 29.3 Å². The Morgan fingerprint density at radius 3 is 2.44 bits per heavy atom. The van der Waals surface area contributed by atoms with Crippen molar-refractivity contribution < 1.29 is 0 Å². The zero-order chi connectivity index (χ0) is 12.2. The molecule has 0 saturated heterocycles. The molecule has 16 heavy (non-hydrogen) atoms. The number of nitrogens with two attached hydrogens (primary N) is 1. The van der Waals surface area contributed by atoms with Crippen LogP contribution in [-0.4, -0.2) is 30.6 Å². The molecule has 0 atom stereocenters. The summed E-state index contributed by atoms with van der Waals surface area (Å²) in [4.78, 5) is 2.30. The summed E-state index contributed by atoms with van der Waals surface area (Å²) in [5, 5.41) is 0. The normalized spacial score (nSPS) is 12.1. The lowest BCUT2D eigenvalue weighted by Gasteiger charge is -2.26. The van der Waals surface area contributed by atoms with Gasteiger partial charge < -0.3 is 10.6 Å². The lowest BCUT2D eigenvalue weighted by Crippen LogP contribution is -2.44. The molecule has 0 spiro atoms. The Hall–Kier alpha value is -0.860. The molecule has 0 heterocycles. The first-order valence-electron chi connectivity index (χ1n) is 5.90. The highest BCUT2D eigenvalue weighted by atomic mass is 15.1. The molecule has 2 nitrogen and oxygen atoms in total. The van der Waals surface area contributed by atoms with Crippen molar-refractivity contribution in [2.45, 2.75) is 32.7 Å². The molecule has 1 aromatic carbocycles. The van der Waals surface area contributed by atoms with E-state index in [1.165, 1.54) is 11.1 Å². The van der Waals surface area contributed by atoms with Crippen LogP contribution in [0.3, 0.4) is 0 Å². The van der Waals surface area contributed by atoms with Crippen molar-refractivity contribution in [3.05, 3.63) is 35.4 Å². The van der Waals surface area contributed by atoms with Gasteiger partial charge in [0.2, 0.25) is 0 Å². The van der Waals surface area contributed by atoms with Crippen LogP contribution in [0.4, 0.5) is 0 Å². The molecule has 90 valence electrons. The molecule has 2 heteroatoms. The summed E-state index contributed by atoms with van der Waals surface area (Å²) in [5.41, 5.74) is 8.70. The van der Waals surface area contributed by atoms with Gasteiger partial charge in [0.05, 0.1) is 0 Å². The molecule has 1 rings (SSSR count). The van der Waals surface area contributed by atoms with Gasteiger partial charge >= 0.3 is 0 Å². The number of hydrogen-bond acceptors (Lipinski definition) is 2. The maximum absolute atomic E-state index is 5.99. The molecule has 0 unspecified atom stereocenters. The first-order chi connectivity index (χ1) is 7.38. The lowest BCUT2D eigenvalue weighted by atomic mass is 10.0. The fraction of sp³-hybridized carbons (Fsp3) is 0.571. The molecular formula is C14H24N2. The first kappa shape index (κ1) is 13.2. The largest absolute Gasteiger partial charge is 0.324 e. The Bertz CT molecular complexity index is 326. The quantitative estimate of drug-likeness (QED) is 0.824. The Morgan fingerprint density at radius 1 is 1.25 bits per heavy atom. The molecule has 0 aliphatic heterocycles. The van der Waals surface area contributed by atoms with Crippen LogP contribution in [0.2, 0.25) is 0 Å². The molecular weight excluding hydrogens is 196 g/mol. The molecule has 0 aliphatic rings. The van der Waals surface area contributed by atoms with Gasteiger partial charge in [-0.25, -0.2) is 0 Å². The third kappa shape index (κ3) is 4.77. The standard InChI is InChI=1S/C14H24N2/c1-12-7-5-6-8-13(12)9-10-16(4)11-14(2,3)15/h5-8H,9-11,15H2,1-4H3. The minimum Gasteiger partial charge on any atom is -0.324 e. The minimum atomic E-state index is -0.111. The molecule has 0 saturated carbocycles. The van der Waals surface area contributed by atoms with Crippen molar-refractivity contribution in [2.24, 2.45) is 5.73 Å². The van der Waals surface area contributed by atoms with Crippen LogP contribution < -0.4 is 5.73 Å². The number of rotatable bonds is 5. The Balaban J connectivity index is 2.43. The number of aryl methyl sites for hydroxylation is 1. The molecule has 0 fully saturated rings. The van der Waals surface area contributed by atoms with Crippen LogP contribution >= 0.6 is 0 Å². The summed E-state index contributed by atoms with van der Waals surface area (Å²) >= 11 is 0. The van der Waals surface area contributed by atoms with E-state index in [4.69, 9.17) is 5.73 Å². The number of hydrogen-bond donors (Lipinski definition) is 1. The lowest BCUT2D eigenvalue weighted by molar-refractivity contribution is 0.273. The van der Waals surface area contributed by atoms with Gasteiger partial charge in [0.25, 0.3) is 0 Å². The summed E-state index contributed by atoms with van der Waals surface area (Å²) in [7, 11) is 2.13. The predicted molar refractivity (Wildman–Crippen MR) is 70.6 cm³/mol. The summed E-state index contributed by atoms with van der Waals surface area (Å²) in [6.45, 7) is 8.29. The van der Waals surface area contributed by atoms with E-state index in [-0.39, 0.29) is 5.54 Å². The van der Waals surface area contributed by atoms with E-state index in [9.17, 15) is 0 Å². The Morgan fingerprint density at radius 2 is 1.88 bits per heavy atom. The maximum Gasteiger partial charge on any atom is 0.0225 e. The van der Waals surface area contributed by atoms with Crippen molar-refractivity contribution in [3.63, 3.8) is 0 Å². The summed E-state index contributed by atoms with van der Waals surface area (Å²) in [5.74, 6) is 0. The van der Waals surface area contributed by atoms with Gasteiger partial charge in [-0.2, -0.15) is 0 Å². The van der Waals surface area contributed by atoms with Crippen LogP contribution in [0.15, 0.2) is 24.3 Å². The van der Waals surface area contributed by atoms with E-state index >= 15 is 0 Å². The number of benzene rings is 1. The molecule has 0 bridgehead atoms. The first-order valence-corrected chi connectivity index (χ1v) is 5.90. The second-order valence-corrected chi connectivity index (χ2v) is 5.40. The Labute approximate surface area is 99.5 Å². The van der Waals surface area contributed by atoms with Crippen LogP contribution in [-0.2, 0) is 6.42 Å². The van der Waals surface area contributed by atoms with Crippen LogP contribution in [0, 0.1) is 6.92 Å². The summed E-state index contributed by atoms with van der Waals surface area (Å²) in [6, 6.07) is 8.57. The predicted octanol–water partition coefficient (Wildman–Crippen LogP) is 2.21. The van der Waals surface area contributed by atoms with Crippen molar-refractivity contribution >= 4 is 0 Å². The van der Waals surface area contributed by atoms with E-state index in [2.05, 4.69) is 57.0 Å². The van der Waals surface area contributed by atoms with Gasteiger partial charge in [-0.1, -0.05) is 24.3 Å². The van der Waals surface area contributed by atoms with Gasteiger partial charge in [0, 0.05) is 18.6 Å². The molecule has 0 aromatic heterocycles. The summed E-state index contributed by atoms with van der Waals surface area (Å²) in [6.07, 6.45) is 1.10. The van der Waals surface area contributed by atoms with E-state index < -0.39 is 0 Å². The van der Waals surface area contributed by atoms with Crippen molar-refractivity contribution in [1.29, 1.82) is 0 Å². The molecule has 0 amide bonds. The van der Waals surface area contributed by atoms with Crippen LogP contribution in [0.1, 0.15) is 25.0 Å². The van der Waals surface area contributed by atoms with Gasteiger partial charge in [0.15, 0.2) is 0 Å². The molecule has 1 aromatic rings. The fourth-order valence-electron chi connectivity index (χ4n) is 1.98. The number of nitrogens with zero attached hydrogens (tertiary/aromatic N) is 1. The second kappa shape index (κ2) is 5.46. The third-order valence-electron chi connectivity index (χ3n) is 2.70. The monoisotopic (exact) mass is 220 g/mol. The van der Waals surface area contributed by atoms with Gasteiger partial charge in [-0.15, -0.1) is 0 Å². The smallest absolute Gasteiger partial charge is 0.0225 e. The fourth-order valence-corrected chi connectivity index (χ4v) is 1.98. The number of likely N-dealkylation sites (N-methyl/N-ethyl adjacent to an activating group) is 1. The Kier molecular flexibility index (Phi) is 4.51. The average molecular weight is 220 g/mol. The van der Waals surface area contributed by atoms with E-state index in [1.54, 1.807) is 0 Å². The van der Waals surface area contributed by atoms with E-state index in [1.807, 2.05) is 0 Å². The van der Waals surface area contributed by atoms with Gasteiger partial charge in [0.1, 0.15) is 0 Å². The van der Waals surface area contributed by atoms with Crippen molar-refractivity contribution in [2.75, 3.05) is 20.1 Å². The maximum atomic E-state index is 5.99. The highest BCUT2D eigenvalue weighted by molar-refractivity contribution is 5.25. The van der Waals surface area contributed by atoms with Crippen LogP contribution in [0.25, 0.3) is 0 Å². The van der Waals surface area contributed by atoms with E-state index in [0.717, 1.165) is 19.5 Å². The highest BCUT2D eigenvalue weighted by Gasteiger charge is 2.13. The average Bonchev–Trinajstić information content (AvgIpc) is 2.14. The van der Waals surface area contributed by atoms with Crippen molar-refractivity contribution in [3.8, 4) is 0 Å². The minimum absolute atomic E-state index is 0.111. The molecule has 2 N–H and O–H groups in total. The SMILES string of the molecule is Cc1ccccc1CCN(C)CC(C)(C)N. The molecule has 0 aliphatic carbocycles. The van der Waals surface area contributed by atoms with Crippen molar-refractivity contribution in [1.82, 2.24) is 4.90 Å².